The number of nitrogens with one attached hydrogen (secondary N) is 3. The van der Waals surface area contributed by atoms with Gasteiger partial charge in [0, 0.05) is 88.6 Å². The van der Waals surface area contributed by atoms with Gasteiger partial charge in [0.2, 0.25) is 70.9 Å². The second kappa shape index (κ2) is 36.9. The number of likely N-dealkylation sites (N-methyl/N-ethyl adjacent to an activating group) is 6. The van der Waals surface area contributed by atoms with Crippen molar-refractivity contribution in [3.8, 4) is 0 Å². The fraction of sp³-hybridized carbons (Fsp3) is 0.827. The van der Waals surface area contributed by atoms with Crippen molar-refractivity contribution in [2.75, 3.05) is 89.2 Å². The van der Waals surface area contributed by atoms with Crippen molar-refractivity contribution >= 4 is 70.9 Å². The van der Waals surface area contributed by atoms with Crippen LogP contribution in [0.1, 0.15) is 222 Å². The van der Waals surface area contributed by atoms with Gasteiger partial charge in [-0.1, -0.05) is 105 Å². The zero-order chi connectivity index (χ0) is 78.1. The first-order valence-electron chi connectivity index (χ1n) is 40.9. The number of carbonyl (C=O) groups excluding carboxylic acids is 12. The van der Waals surface area contributed by atoms with Crippen LogP contribution in [0, 0.1) is 46.8 Å². The van der Waals surface area contributed by atoms with Gasteiger partial charge in [0.1, 0.15) is 60.4 Å². The monoisotopic (exact) mass is 1500 g/mol. The number of nitrogens with zero attached hydrogens (tertiary/aromatic N) is 9. The molecule has 6 aliphatic carbocycles. The minimum absolute atomic E-state index is 0.000337. The van der Waals surface area contributed by atoms with Crippen molar-refractivity contribution in [3.63, 3.8) is 0 Å². The maximum atomic E-state index is 15.9. The second-order valence-electron chi connectivity index (χ2n) is 34.9. The van der Waals surface area contributed by atoms with Crippen molar-refractivity contribution in [2.45, 2.75) is 294 Å². The molecule has 2 bridgehead atoms. The van der Waals surface area contributed by atoms with Crippen LogP contribution in [0.2, 0.25) is 0 Å². The highest BCUT2D eigenvalue weighted by molar-refractivity contribution is 6.01. The van der Waals surface area contributed by atoms with Crippen LogP contribution < -0.4 is 16.0 Å². The Hall–Kier alpha value is -6.70. The summed E-state index contributed by atoms with van der Waals surface area (Å²) in [6.07, 6.45) is 18.3. The summed E-state index contributed by atoms with van der Waals surface area (Å²) in [7, 11) is 12.4. The molecule has 8 fully saturated rings. The Morgan fingerprint density at radius 2 is 1.32 bits per heavy atom. The third kappa shape index (κ3) is 20.3. The van der Waals surface area contributed by atoms with E-state index in [1.165, 1.54) is 87.3 Å². The lowest BCUT2D eigenvalue weighted by atomic mass is 9.58. The zero-order valence-corrected chi connectivity index (χ0v) is 67.4. The minimum atomic E-state index is -1.56. The Morgan fingerprint density at radius 3 is 1.93 bits per heavy atom. The van der Waals surface area contributed by atoms with Crippen molar-refractivity contribution in [1.82, 2.24) is 60.0 Å². The molecule has 107 heavy (non-hydrogen) atoms. The van der Waals surface area contributed by atoms with Crippen LogP contribution in [0.3, 0.4) is 0 Å². The molecule has 26 heteroatoms. The lowest BCUT2D eigenvalue weighted by Gasteiger charge is -2.54. The van der Waals surface area contributed by atoms with Gasteiger partial charge in [-0.05, 0) is 163 Å². The lowest BCUT2D eigenvalue weighted by Crippen LogP contribution is -2.71. The molecule has 9 rings (SSSR count). The number of rotatable bonds is 16. The molecule has 0 aromatic carbocycles. The average molecular weight is 1500 g/mol. The van der Waals surface area contributed by atoms with Crippen LogP contribution >= 0.6 is 0 Å². The van der Waals surface area contributed by atoms with Crippen molar-refractivity contribution < 1.29 is 67.0 Å². The van der Waals surface area contributed by atoms with E-state index in [2.05, 4.69) is 22.9 Å². The molecule has 6 saturated carbocycles. The van der Waals surface area contributed by atoms with Gasteiger partial charge in [0.05, 0.1) is 25.2 Å². The maximum absolute atomic E-state index is 15.9. The fourth-order valence-electron chi connectivity index (χ4n) is 19.2. The highest BCUT2D eigenvalue weighted by atomic mass is 16.5. The Labute approximate surface area is 637 Å². The molecule has 1 spiro atoms. The third-order valence-corrected chi connectivity index (χ3v) is 26.0. The molecule has 12 amide bonds. The summed E-state index contributed by atoms with van der Waals surface area (Å²) in [5, 5.41) is 9.29. The van der Waals surface area contributed by atoms with Crippen molar-refractivity contribution in [3.05, 3.63) is 12.2 Å². The van der Waals surface area contributed by atoms with Crippen LogP contribution in [0.15, 0.2) is 12.2 Å². The largest absolute Gasteiger partial charge is 0.381 e. The van der Waals surface area contributed by atoms with Crippen LogP contribution in [-0.4, -0.2) is 276 Å². The number of amides is 12. The van der Waals surface area contributed by atoms with Crippen LogP contribution in [-0.2, 0) is 67.0 Å². The molecule has 0 aromatic heterocycles. The highest BCUT2D eigenvalue weighted by Gasteiger charge is 2.59. The Kier molecular flexibility index (Phi) is 29.1. The number of hydrogen-bond acceptors (Lipinski definition) is 14. The van der Waals surface area contributed by atoms with E-state index in [1.807, 2.05) is 53.7 Å². The van der Waals surface area contributed by atoms with E-state index < -0.39 is 162 Å². The molecule has 2 saturated heterocycles. The van der Waals surface area contributed by atoms with Gasteiger partial charge in [-0.2, -0.15) is 0 Å². The average Bonchev–Trinajstić information content (AvgIpc) is 1.47. The van der Waals surface area contributed by atoms with Gasteiger partial charge < -0.3 is 69.5 Å². The Morgan fingerprint density at radius 1 is 0.645 bits per heavy atom. The maximum Gasteiger partial charge on any atom is 0.248 e. The fourth-order valence-corrected chi connectivity index (χ4v) is 19.2. The van der Waals surface area contributed by atoms with E-state index >= 15 is 52.7 Å². The molecular weight excluding hydrogens is 1360 g/mol. The first-order valence-corrected chi connectivity index (χ1v) is 40.9. The molecule has 13 atom stereocenters. The standard InChI is InChI=1S/C81H132N12O14/c1-16-24-60-71(97)83-69(51(5)17-2)77(103)92(56-36-37-56)47-68(96)88(12)61-27-20-19-23-40-91(76(61)102)64(41-52-30-28-50(4)29-31-52)75(101)86(10)46-66(94)82-59(39-33-53-32-38-58(54-34-35-54)65(42-53)106-15)73(99)93-45-57(107-18-3)43-62(93)72(98)84-81(48-80(6,7)49-81)79(105)90(14)70(55-25-21-22-26-55)78(104)89(13)63(74(100)85(8)9)44-67(95)87(60)11/h19-20,50-65,69-70H,16-18,21-49H2,1-15H3,(H,82,94)(H,83,97)(H,84,98)/b20-19-/t50?,51-,52?,53?,57+,58?,59-,60-,61-,62-,63-,64-,65?,69-,70-/m0/s1. The number of ether oxygens (including phenoxy) is 2. The molecule has 600 valence electrons. The first kappa shape index (κ1) is 84.3. The Bertz CT molecular complexity index is 3210. The molecule has 3 aliphatic heterocycles. The van der Waals surface area contributed by atoms with Crippen molar-refractivity contribution in [2.24, 2.45) is 46.8 Å². The molecular formula is C81H132N12O14. The summed E-state index contributed by atoms with van der Waals surface area (Å²) >= 11 is 0. The smallest absolute Gasteiger partial charge is 0.248 e. The summed E-state index contributed by atoms with van der Waals surface area (Å²) in [6.45, 7) is 13.1. The van der Waals surface area contributed by atoms with Crippen LogP contribution in [0.5, 0.6) is 0 Å². The van der Waals surface area contributed by atoms with Crippen LogP contribution in [0.4, 0.5) is 0 Å². The lowest BCUT2D eigenvalue weighted by molar-refractivity contribution is -0.161. The van der Waals surface area contributed by atoms with Gasteiger partial charge in [0.25, 0.3) is 0 Å². The summed E-state index contributed by atoms with van der Waals surface area (Å²) in [4.78, 5) is 197. The van der Waals surface area contributed by atoms with Gasteiger partial charge in [0.15, 0.2) is 0 Å². The van der Waals surface area contributed by atoms with Gasteiger partial charge >= 0.3 is 0 Å². The number of carbonyl (C=O) groups is 12. The van der Waals surface area contributed by atoms with Crippen molar-refractivity contribution in [1.29, 1.82) is 0 Å². The molecule has 3 unspecified atom stereocenters. The van der Waals surface area contributed by atoms with E-state index in [0.717, 1.165) is 57.8 Å². The number of fused-ring (bicyclic) bond motifs is 3. The van der Waals surface area contributed by atoms with E-state index in [1.54, 1.807) is 26.1 Å². The van der Waals surface area contributed by atoms with Crippen LogP contribution in [0.25, 0.3) is 0 Å². The number of methoxy groups -OCH3 is 1. The highest BCUT2D eigenvalue weighted by Crippen LogP contribution is 2.50. The molecule has 9 aliphatic rings. The van der Waals surface area contributed by atoms with E-state index in [0.29, 0.717) is 75.5 Å². The second-order valence-corrected chi connectivity index (χ2v) is 34.9. The summed E-state index contributed by atoms with van der Waals surface area (Å²) in [5.41, 5.74) is -2.01. The summed E-state index contributed by atoms with van der Waals surface area (Å²) in [5.74, 6) is -5.65. The predicted molar refractivity (Wildman–Crippen MR) is 405 cm³/mol. The molecule has 26 nitrogen and oxygen atoms in total. The number of hydrogen-bond donors (Lipinski definition) is 3. The Balaban J connectivity index is 1.11. The van der Waals surface area contributed by atoms with Gasteiger partial charge in [-0.3, -0.25) is 57.5 Å². The molecule has 0 radical (unpaired) electrons. The van der Waals surface area contributed by atoms with E-state index in [9.17, 15) is 4.79 Å². The first-order chi connectivity index (χ1) is 50.8. The quantitative estimate of drug-likeness (QED) is 0.143. The molecule has 0 aromatic rings. The van der Waals surface area contributed by atoms with Gasteiger partial charge in [-0.25, -0.2) is 0 Å². The SMILES string of the molecule is CCC[C@H]1C(=O)N[C@@H]([C@@H](C)CC)C(=O)N(C2CC2)CC(=O)N(C)[C@H]2C/C=C\CCN(C2=O)[C@@H](CC2CCC(C)CC2)C(=O)N(C)CC(=O)N[C@@H](CCC2CCC(C3CC3)C(OC)C2)C(=O)N2C[C@H](OCC)C[C@H]2C(=O)NC2(CC(C)(C)C2)C(=O)N(C)[C@@H](C2CCCC2)C(=O)N(C)[C@H](C(=O)N(C)C)CC(=O)N1C. The van der Waals surface area contributed by atoms with Gasteiger partial charge in [-0.15, -0.1) is 0 Å². The predicted octanol–water partition coefficient (Wildman–Crippen LogP) is 6.31. The minimum Gasteiger partial charge on any atom is -0.381 e. The molecule has 3 N–H and O–H groups in total. The van der Waals surface area contributed by atoms with E-state index in [4.69, 9.17) is 9.47 Å². The third-order valence-electron chi connectivity index (χ3n) is 26.0. The molecule has 3 heterocycles. The summed E-state index contributed by atoms with van der Waals surface area (Å²) < 4.78 is 12.4. The zero-order valence-electron chi connectivity index (χ0n) is 67.4. The topological polar surface area (TPSA) is 289 Å². The van der Waals surface area contributed by atoms with E-state index in [-0.39, 0.29) is 88.1 Å². The normalized spacial score (nSPS) is 33.0. The summed E-state index contributed by atoms with van der Waals surface area (Å²) in [6, 6.07) is -9.66.